The molecule has 0 aliphatic rings. The van der Waals surface area contributed by atoms with Gasteiger partial charge in [-0.25, -0.2) is 4.79 Å². The van der Waals surface area contributed by atoms with E-state index in [0.717, 1.165) is 0 Å². The van der Waals surface area contributed by atoms with Crippen LogP contribution in [0, 0.1) is 11.3 Å². The number of hydrogen-bond donors (Lipinski definition) is 2. The van der Waals surface area contributed by atoms with E-state index < -0.39 is 5.97 Å². The van der Waals surface area contributed by atoms with Crippen molar-refractivity contribution in [2.45, 2.75) is 0 Å². The molecule has 0 aromatic heterocycles. The molecule has 4 heteroatoms. The first-order chi connectivity index (χ1) is 5.24. The Balaban J connectivity index is 0.00000121. The van der Waals surface area contributed by atoms with Crippen LogP contribution in [-0.2, 0) is 0 Å². The van der Waals surface area contributed by atoms with Gasteiger partial charge in [0.25, 0.3) is 0 Å². The Morgan fingerprint density at radius 2 is 1.83 bits per heavy atom. The number of benzene rings is 1. The summed E-state index contributed by atoms with van der Waals surface area (Å²) in [5, 5.41) is 16.8. The molecule has 0 radical (unpaired) electrons. The molecule has 0 aliphatic heterocycles. The zero-order chi connectivity index (χ0) is 8.27. The van der Waals surface area contributed by atoms with E-state index in [-0.39, 0.29) is 11.7 Å². The van der Waals surface area contributed by atoms with Crippen molar-refractivity contribution >= 4 is 5.97 Å². The lowest BCUT2D eigenvalue weighted by atomic mass is 10.1. The summed E-state index contributed by atoms with van der Waals surface area (Å²) in [6.45, 7) is 0. The zero-order valence-electron chi connectivity index (χ0n) is 6.32. The van der Waals surface area contributed by atoms with Gasteiger partial charge in [-0.3, -0.25) is 0 Å². The van der Waals surface area contributed by atoms with Gasteiger partial charge in [-0.05, 0) is 24.3 Å². The van der Waals surface area contributed by atoms with Gasteiger partial charge in [0.05, 0.1) is 17.2 Å². The second kappa shape index (κ2) is 4.11. The molecule has 0 unspecified atom stereocenters. The van der Waals surface area contributed by atoms with Crippen LogP contribution in [0.1, 0.15) is 15.9 Å². The predicted molar refractivity (Wildman–Crippen MR) is 43.1 cm³/mol. The van der Waals surface area contributed by atoms with Crippen LogP contribution in [-0.4, -0.2) is 11.1 Å². The lowest BCUT2D eigenvalue weighted by Gasteiger charge is -1.91. The van der Waals surface area contributed by atoms with Crippen LogP contribution in [0.2, 0.25) is 0 Å². The van der Waals surface area contributed by atoms with Gasteiger partial charge in [-0.2, -0.15) is 5.26 Å². The number of carbonyl (C=O) groups is 1. The molecule has 62 valence electrons. The Hall–Kier alpha value is -1.86. The average molecular weight is 164 g/mol. The molecule has 0 spiro atoms. The second-order valence-corrected chi connectivity index (χ2v) is 1.99. The minimum atomic E-state index is -0.977. The van der Waals surface area contributed by atoms with Crippen molar-refractivity contribution < 1.29 is 9.90 Å². The molecule has 0 saturated heterocycles. The Kier molecular flexibility index (Phi) is 3.47. The van der Waals surface area contributed by atoms with Crippen LogP contribution in [0.5, 0.6) is 0 Å². The molecule has 0 heterocycles. The Morgan fingerprint density at radius 3 is 2.17 bits per heavy atom. The molecular formula is C8H8N2O2. The summed E-state index contributed by atoms with van der Waals surface area (Å²) in [5.41, 5.74) is 0.666. The number of carboxylic acids is 1. The molecule has 12 heavy (non-hydrogen) atoms. The van der Waals surface area contributed by atoms with Crippen molar-refractivity contribution in [1.29, 1.82) is 5.26 Å². The molecule has 0 atom stereocenters. The number of aromatic carboxylic acids is 1. The lowest BCUT2D eigenvalue weighted by molar-refractivity contribution is 0.0697. The maximum Gasteiger partial charge on any atom is 0.335 e. The molecular weight excluding hydrogens is 156 g/mol. The summed E-state index contributed by atoms with van der Waals surface area (Å²) in [6.07, 6.45) is 0. The number of nitrogens with zero attached hydrogens (tertiary/aromatic N) is 1. The molecule has 0 saturated carbocycles. The molecule has 1 rings (SSSR count). The van der Waals surface area contributed by atoms with Crippen molar-refractivity contribution in [3.63, 3.8) is 0 Å². The molecule has 4 nitrogen and oxygen atoms in total. The average Bonchev–Trinajstić information content (AvgIpc) is 2.05. The highest BCUT2D eigenvalue weighted by molar-refractivity contribution is 5.87. The summed E-state index contributed by atoms with van der Waals surface area (Å²) >= 11 is 0. The zero-order valence-corrected chi connectivity index (χ0v) is 6.32. The van der Waals surface area contributed by atoms with E-state index in [4.69, 9.17) is 10.4 Å². The van der Waals surface area contributed by atoms with E-state index in [0.29, 0.717) is 5.56 Å². The van der Waals surface area contributed by atoms with Crippen LogP contribution in [0.4, 0.5) is 0 Å². The fraction of sp³-hybridized carbons (Fsp3) is 0. The van der Waals surface area contributed by atoms with Gasteiger partial charge in [0.1, 0.15) is 0 Å². The number of nitriles is 1. The fourth-order valence-electron chi connectivity index (χ4n) is 0.687. The van der Waals surface area contributed by atoms with Crippen LogP contribution >= 0.6 is 0 Å². The maximum atomic E-state index is 10.3. The van der Waals surface area contributed by atoms with Crippen molar-refractivity contribution in [2.75, 3.05) is 0 Å². The molecule has 1 aromatic carbocycles. The minimum absolute atomic E-state index is 0. The van der Waals surface area contributed by atoms with E-state index in [2.05, 4.69) is 0 Å². The minimum Gasteiger partial charge on any atom is -0.478 e. The van der Waals surface area contributed by atoms with Gasteiger partial charge in [0.15, 0.2) is 0 Å². The third-order valence-corrected chi connectivity index (χ3v) is 1.26. The molecule has 0 bridgehead atoms. The Labute approximate surface area is 69.6 Å². The highest BCUT2D eigenvalue weighted by Crippen LogP contribution is 2.02. The summed E-state index contributed by atoms with van der Waals surface area (Å²) in [7, 11) is 0. The molecule has 0 amide bonds. The SMILES string of the molecule is N.N#Cc1ccc(C(=O)O)cc1. The monoisotopic (exact) mass is 164 g/mol. The summed E-state index contributed by atoms with van der Waals surface area (Å²) in [5.74, 6) is -0.977. The van der Waals surface area contributed by atoms with E-state index in [1.165, 1.54) is 24.3 Å². The molecule has 1 aromatic rings. The van der Waals surface area contributed by atoms with Gasteiger partial charge in [-0.1, -0.05) is 0 Å². The smallest absolute Gasteiger partial charge is 0.335 e. The topological polar surface area (TPSA) is 96.1 Å². The van der Waals surface area contributed by atoms with Crippen LogP contribution in [0.25, 0.3) is 0 Å². The van der Waals surface area contributed by atoms with Crippen LogP contribution < -0.4 is 6.15 Å². The van der Waals surface area contributed by atoms with E-state index in [1.807, 2.05) is 6.07 Å². The predicted octanol–water partition coefficient (Wildman–Crippen LogP) is 1.42. The van der Waals surface area contributed by atoms with Crippen molar-refractivity contribution in [2.24, 2.45) is 0 Å². The first-order valence-electron chi connectivity index (χ1n) is 2.97. The summed E-state index contributed by atoms with van der Waals surface area (Å²) < 4.78 is 0. The number of carboxylic acid groups (broad SMARTS) is 1. The van der Waals surface area contributed by atoms with E-state index >= 15 is 0 Å². The third-order valence-electron chi connectivity index (χ3n) is 1.26. The normalized spacial score (nSPS) is 7.92. The quantitative estimate of drug-likeness (QED) is 0.655. The standard InChI is InChI=1S/C8H5NO2.H3N/c9-5-6-1-3-7(4-2-6)8(10)11;/h1-4H,(H,10,11);1H3. The number of rotatable bonds is 1. The first-order valence-corrected chi connectivity index (χ1v) is 2.97. The van der Waals surface area contributed by atoms with Crippen molar-refractivity contribution in [1.82, 2.24) is 6.15 Å². The van der Waals surface area contributed by atoms with Gasteiger partial charge >= 0.3 is 5.97 Å². The molecule has 0 fully saturated rings. The van der Waals surface area contributed by atoms with Gasteiger partial charge in [-0.15, -0.1) is 0 Å². The fourth-order valence-corrected chi connectivity index (χ4v) is 0.687. The highest BCUT2D eigenvalue weighted by atomic mass is 16.4. The largest absolute Gasteiger partial charge is 0.478 e. The summed E-state index contributed by atoms with van der Waals surface area (Å²) in [6, 6.07) is 7.66. The van der Waals surface area contributed by atoms with Crippen LogP contribution in [0.3, 0.4) is 0 Å². The lowest BCUT2D eigenvalue weighted by Crippen LogP contribution is -1.94. The van der Waals surface area contributed by atoms with Crippen molar-refractivity contribution in [3.8, 4) is 6.07 Å². The molecule has 0 aliphatic carbocycles. The van der Waals surface area contributed by atoms with E-state index in [1.54, 1.807) is 0 Å². The Morgan fingerprint density at radius 1 is 1.33 bits per heavy atom. The van der Waals surface area contributed by atoms with E-state index in [9.17, 15) is 4.79 Å². The van der Waals surface area contributed by atoms with Gasteiger partial charge < -0.3 is 11.3 Å². The van der Waals surface area contributed by atoms with Crippen LogP contribution in [0.15, 0.2) is 24.3 Å². The number of hydrogen-bond acceptors (Lipinski definition) is 3. The second-order valence-electron chi connectivity index (χ2n) is 1.99. The summed E-state index contributed by atoms with van der Waals surface area (Å²) in [4.78, 5) is 10.3. The van der Waals surface area contributed by atoms with Gasteiger partial charge in [0, 0.05) is 0 Å². The third kappa shape index (κ3) is 2.08. The van der Waals surface area contributed by atoms with Gasteiger partial charge in [0.2, 0.25) is 0 Å². The first kappa shape index (κ1) is 10.1. The van der Waals surface area contributed by atoms with Crippen molar-refractivity contribution in [3.05, 3.63) is 35.4 Å². The molecule has 4 N–H and O–H groups in total. The maximum absolute atomic E-state index is 10.3. The highest BCUT2D eigenvalue weighted by Gasteiger charge is 1.99. The Bertz CT molecular complexity index is 311.